The van der Waals surface area contributed by atoms with Gasteiger partial charge in [0.1, 0.15) is 17.5 Å². The van der Waals surface area contributed by atoms with Gasteiger partial charge in [-0.05, 0) is 38.2 Å². The summed E-state index contributed by atoms with van der Waals surface area (Å²) in [5.41, 5.74) is 2.55. The Hall–Kier alpha value is -2.44. The summed E-state index contributed by atoms with van der Waals surface area (Å²) >= 11 is 0. The summed E-state index contributed by atoms with van der Waals surface area (Å²) in [6, 6.07) is 3.49. The highest BCUT2D eigenvalue weighted by Crippen LogP contribution is 2.29. The summed E-state index contributed by atoms with van der Waals surface area (Å²) in [4.78, 5) is 26.1. The zero-order valence-corrected chi connectivity index (χ0v) is 16.5. The van der Waals surface area contributed by atoms with Crippen LogP contribution in [-0.4, -0.2) is 45.9 Å². The lowest BCUT2D eigenvalue weighted by atomic mass is 10.2. The first-order valence-corrected chi connectivity index (χ1v) is 9.95. The van der Waals surface area contributed by atoms with Crippen molar-refractivity contribution >= 4 is 11.6 Å². The fourth-order valence-electron chi connectivity index (χ4n) is 4.03. The van der Waals surface area contributed by atoms with Gasteiger partial charge in [-0.1, -0.05) is 13.8 Å². The molecule has 4 rings (SSSR count). The molecule has 2 aromatic rings. The number of hydrogen-bond acceptors (Lipinski definition) is 6. The van der Waals surface area contributed by atoms with Gasteiger partial charge in [0.15, 0.2) is 0 Å². The van der Waals surface area contributed by atoms with Crippen LogP contribution in [0.2, 0.25) is 0 Å². The van der Waals surface area contributed by atoms with E-state index in [0.29, 0.717) is 12.5 Å². The Balaban J connectivity index is 1.49. The molecule has 0 spiro atoms. The van der Waals surface area contributed by atoms with Crippen LogP contribution >= 0.6 is 0 Å². The van der Waals surface area contributed by atoms with E-state index in [1.54, 1.807) is 10.7 Å². The fraction of sp³-hybridized carbons (Fsp3) is 0.600. The first kappa shape index (κ1) is 17.9. The van der Waals surface area contributed by atoms with Gasteiger partial charge in [-0.2, -0.15) is 5.10 Å². The molecule has 1 fully saturated rings. The van der Waals surface area contributed by atoms with E-state index in [9.17, 15) is 4.79 Å². The number of rotatable bonds is 4. The first-order valence-electron chi connectivity index (χ1n) is 9.95. The van der Waals surface area contributed by atoms with E-state index >= 15 is 0 Å². The third-order valence-corrected chi connectivity index (χ3v) is 5.32. The highest BCUT2D eigenvalue weighted by Gasteiger charge is 2.25. The second-order valence-electron chi connectivity index (χ2n) is 7.95. The minimum Gasteiger partial charge on any atom is -0.353 e. The Morgan fingerprint density at radius 1 is 1.04 bits per heavy atom. The predicted octanol–water partition coefficient (Wildman–Crippen LogP) is 1.81. The number of aryl methyl sites for hydroxylation is 2. The van der Waals surface area contributed by atoms with Gasteiger partial charge in [-0.3, -0.25) is 4.79 Å². The summed E-state index contributed by atoms with van der Waals surface area (Å²) in [6.45, 7) is 10.4. The second-order valence-corrected chi connectivity index (χ2v) is 7.95. The highest BCUT2D eigenvalue weighted by molar-refractivity contribution is 5.53. The monoisotopic (exact) mass is 368 g/mol. The Bertz CT molecular complexity index is 883. The number of hydrogen-bond donors (Lipinski definition) is 0. The third kappa shape index (κ3) is 3.68. The van der Waals surface area contributed by atoms with Gasteiger partial charge in [0.2, 0.25) is 0 Å². The average molecular weight is 368 g/mol. The topological polar surface area (TPSA) is 67.2 Å². The van der Waals surface area contributed by atoms with Crippen LogP contribution in [0.3, 0.4) is 0 Å². The van der Waals surface area contributed by atoms with E-state index in [1.807, 2.05) is 13.0 Å². The molecule has 0 bridgehead atoms. The normalized spacial score (nSPS) is 16.9. The maximum Gasteiger partial charge on any atom is 0.266 e. The Labute approximate surface area is 160 Å². The van der Waals surface area contributed by atoms with Gasteiger partial charge < -0.3 is 9.80 Å². The summed E-state index contributed by atoms with van der Waals surface area (Å²) in [5, 5.41) is 4.59. The van der Waals surface area contributed by atoms with Crippen molar-refractivity contribution in [2.45, 2.75) is 46.6 Å². The average Bonchev–Trinajstić information content (AvgIpc) is 3.11. The van der Waals surface area contributed by atoms with E-state index < -0.39 is 0 Å². The van der Waals surface area contributed by atoms with Gasteiger partial charge in [0, 0.05) is 50.0 Å². The van der Waals surface area contributed by atoms with Crippen LogP contribution < -0.4 is 15.4 Å². The summed E-state index contributed by atoms with van der Waals surface area (Å²) < 4.78 is 1.59. The van der Waals surface area contributed by atoms with Crippen molar-refractivity contribution in [3.05, 3.63) is 39.6 Å². The zero-order chi connectivity index (χ0) is 19.0. The standard InChI is InChI=1S/C20H28N6O/c1-14(2)13-26-19(27)8-7-18(23-26)24-9-11-25(12-10-24)20-16-5-4-6-17(16)21-15(3)22-20/h7-8,14H,4-6,9-13H2,1-3H3. The highest BCUT2D eigenvalue weighted by atomic mass is 16.1. The summed E-state index contributed by atoms with van der Waals surface area (Å²) in [6.07, 6.45) is 3.35. The number of aromatic nitrogens is 4. The first-order chi connectivity index (χ1) is 13.0. The molecule has 7 nitrogen and oxygen atoms in total. The molecule has 144 valence electrons. The van der Waals surface area contributed by atoms with E-state index in [4.69, 9.17) is 4.98 Å². The van der Waals surface area contributed by atoms with Gasteiger partial charge >= 0.3 is 0 Å². The van der Waals surface area contributed by atoms with Crippen molar-refractivity contribution in [3.8, 4) is 0 Å². The van der Waals surface area contributed by atoms with Crippen molar-refractivity contribution in [2.75, 3.05) is 36.0 Å². The van der Waals surface area contributed by atoms with Crippen molar-refractivity contribution in [2.24, 2.45) is 5.92 Å². The molecule has 27 heavy (non-hydrogen) atoms. The fourth-order valence-corrected chi connectivity index (χ4v) is 4.03. The lowest BCUT2D eigenvalue weighted by Crippen LogP contribution is -2.48. The lowest BCUT2D eigenvalue weighted by molar-refractivity contribution is 0.461. The molecule has 0 amide bonds. The smallest absolute Gasteiger partial charge is 0.266 e. The van der Waals surface area contributed by atoms with Crippen LogP contribution in [0, 0.1) is 12.8 Å². The van der Waals surface area contributed by atoms with E-state index in [0.717, 1.165) is 56.5 Å². The molecular weight excluding hydrogens is 340 g/mol. The molecule has 1 saturated heterocycles. The van der Waals surface area contributed by atoms with Crippen LogP contribution in [0.25, 0.3) is 0 Å². The SMILES string of the molecule is Cc1nc2c(c(N3CCN(c4ccc(=O)n(CC(C)C)n4)CC3)n1)CCC2. The van der Waals surface area contributed by atoms with Gasteiger partial charge in [-0.15, -0.1) is 0 Å². The van der Waals surface area contributed by atoms with Gasteiger partial charge in [0.05, 0.1) is 0 Å². The Morgan fingerprint density at radius 3 is 2.52 bits per heavy atom. The summed E-state index contributed by atoms with van der Waals surface area (Å²) in [5.74, 6) is 3.28. The molecule has 1 aliphatic heterocycles. The van der Waals surface area contributed by atoms with E-state index in [1.165, 1.54) is 17.7 Å². The number of fused-ring (bicyclic) bond motifs is 1. The number of anilines is 2. The van der Waals surface area contributed by atoms with Crippen LogP contribution in [0.1, 0.15) is 37.4 Å². The molecule has 1 aliphatic carbocycles. The Morgan fingerprint density at radius 2 is 1.78 bits per heavy atom. The van der Waals surface area contributed by atoms with Crippen LogP contribution in [0.4, 0.5) is 11.6 Å². The lowest BCUT2D eigenvalue weighted by Gasteiger charge is -2.36. The molecule has 2 aliphatic rings. The quantitative estimate of drug-likeness (QED) is 0.820. The minimum atomic E-state index is -0.0295. The number of nitrogens with zero attached hydrogens (tertiary/aromatic N) is 6. The van der Waals surface area contributed by atoms with Crippen LogP contribution in [0.5, 0.6) is 0 Å². The maximum atomic E-state index is 12.0. The molecule has 0 atom stereocenters. The van der Waals surface area contributed by atoms with Crippen molar-refractivity contribution < 1.29 is 0 Å². The van der Waals surface area contributed by atoms with E-state index in [2.05, 4.69) is 33.7 Å². The molecule has 0 unspecified atom stereocenters. The van der Waals surface area contributed by atoms with Crippen LogP contribution in [-0.2, 0) is 19.4 Å². The largest absolute Gasteiger partial charge is 0.353 e. The Kier molecular flexibility index (Phi) is 4.85. The zero-order valence-electron chi connectivity index (χ0n) is 16.5. The third-order valence-electron chi connectivity index (χ3n) is 5.32. The predicted molar refractivity (Wildman–Crippen MR) is 107 cm³/mol. The minimum absolute atomic E-state index is 0.0295. The van der Waals surface area contributed by atoms with Gasteiger partial charge in [0.25, 0.3) is 5.56 Å². The van der Waals surface area contributed by atoms with Crippen LogP contribution in [0.15, 0.2) is 16.9 Å². The molecule has 2 aromatic heterocycles. The molecule has 0 N–H and O–H groups in total. The van der Waals surface area contributed by atoms with Gasteiger partial charge in [-0.25, -0.2) is 14.6 Å². The molecular formula is C20H28N6O. The molecule has 0 radical (unpaired) electrons. The number of piperazine rings is 1. The molecule has 0 saturated carbocycles. The van der Waals surface area contributed by atoms with Crippen molar-refractivity contribution in [1.29, 1.82) is 0 Å². The van der Waals surface area contributed by atoms with E-state index in [-0.39, 0.29) is 5.56 Å². The molecule has 7 heteroatoms. The maximum absolute atomic E-state index is 12.0. The summed E-state index contributed by atoms with van der Waals surface area (Å²) in [7, 11) is 0. The molecule has 3 heterocycles. The molecule has 0 aromatic carbocycles. The second kappa shape index (κ2) is 7.29. The van der Waals surface area contributed by atoms with Crippen molar-refractivity contribution in [3.63, 3.8) is 0 Å². The van der Waals surface area contributed by atoms with Crippen molar-refractivity contribution in [1.82, 2.24) is 19.7 Å².